The fraction of sp³-hybridized carbons (Fsp3) is 0.714. The van der Waals surface area contributed by atoms with Crippen LogP contribution in [0.4, 0.5) is 0 Å². The van der Waals surface area contributed by atoms with E-state index in [1.165, 1.54) is 25.7 Å². The molecular formula is C14H26N2. The van der Waals surface area contributed by atoms with Crippen molar-refractivity contribution < 1.29 is 0 Å². The molecule has 1 aliphatic carbocycles. The lowest BCUT2D eigenvalue weighted by atomic mass is 10.1. The lowest BCUT2D eigenvalue weighted by Crippen LogP contribution is -2.43. The van der Waals surface area contributed by atoms with Gasteiger partial charge >= 0.3 is 0 Å². The molecular weight excluding hydrogens is 196 g/mol. The van der Waals surface area contributed by atoms with Gasteiger partial charge in [-0.2, -0.15) is 0 Å². The van der Waals surface area contributed by atoms with Gasteiger partial charge in [0.2, 0.25) is 0 Å². The highest BCUT2D eigenvalue weighted by molar-refractivity contribution is 4.88. The van der Waals surface area contributed by atoms with Gasteiger partial charge in [-0.15, -0.1) is 13.2 Å². The highest BCUT2D eigenvalue weighted by atomic mass is 15.2. The Morgan fingerprint density at radius 1 is 1.31 bits per heavy atom. The minimum atomic E-state index is 0.626. The minimum absolute atomic E-state index is 0.626. The third kappa shape index (κ3) is 4.95. The summed E-state index contributed by atoms with van der Waals surface area (Å²) in [4.78, 5) is 2.46. The molecule has 2 heteroatoms. The first-order valence-corrected chi connectivity index (χ1v) is 6.51. The van der Waals surface area contributed by atoms with Crippen molar-refractivity contribution in [3.63, 3.8) is 0 Å². The highest BCUT2D eigenvalue weighted by Gasteiger charge is 2.23. The average Bonchev–Trinajstić information content (AvgIpc) is 3.08. The van der Waals surface area contributed by atoms with Gasteiger partial charge in [-0.05, 0) is 19.3 Å². The zero-order valence-electron chi connectivity index (χ0n) is 10.6. The molecule has 1 N–H and O–H groups in total. The van der Waals surface area contributed by atoms with Crippen LogP contribution in [0.15, 0.2) is 25.3 Å². The van der Waals surface area contributed by atoms with E-state index >= 15 is 0 Å². The molecule has 1 aliphatic rings. The normalized spacial score (nSPS) is 17.4. The summed E-state index contributed by atoms with van der Waals surface area (Å²) >= 11 is 0. The number of rotatable bonds is 10. The van der Waals surface area contributed by atoms with E-state index in [1.807, 2.05) is 12.2 Å². The number of nitrogens with one attached hydrogen (secondary N) is 1. The highest BCUT2D eigenvalue weighted by Crippen LogP contribution is 2.19. The summed E-state index contributed by atoms with van der Waals surface area (Å²) < 4.78 is 0. The monoisotopic (exact) mass is 222 g/mol. The van der Waals surface area contributed by atoms with Crippen LogP contribution in [0.1, 0.15) is 32.6 Å². The molecule has 92 valence electrons. The molecule has 0 radical (unpaired) electrons. The molecule has 0 aliphatic heterocycles. The second-order valence-corrected chi connectivity index (χ2v) is 4.66. The molecule has 0 aromatic carbocycles. The van der Waals surface area contributed by atoms with Crippen molar-refractivity contribution in [2.45, 2.75) is 44.7 Å². The van der Waals surface area contributed by atoms with E-state index in [1.54, 1.807) is 0 Å². The molecule has 1 unspecified atom stereocenters. The molecule has 1 atom stereocenters. The van der Waals surface area contributed by atoms with Gasteiger partial charge in [0.1, 0.15) is 0 Å². The first kappa shape index (κ1) is 13.5. The quantitative estimate of drug-likeness (QED) is 0.572. The Hall–Kier alpha value is -0.600. The van der Waals surface area contributed by atoms with Gasteiger partial charge in [0.15, 0.2) is 0 Å². The molecule has 1 fully saturated rings. The Balaban J connectivity index is 2.40. The zero-order chi connectivity index (χ0) is 11.8. The molecule has 0 bridgehead atoms. The Labute approximate surface area is 100 Å². The second kappa shape index (κ2) is 7.64. The second-order valence-electron chi connectivity index (χ2n) is 4.66. The van der Waals surface area contributed by atoms with Crippen molar-refractivity contribution in [2.24, 2.45) is 0 Å². The van der Waals surface area contributed by atoms with Gasteiger partial charge in [-0.1, -0.05) is 25.5 Å². The zero-order valence-corrected chi connectivity index (χ0v) is 10.6. The van der Waals surface area contributed by atoms with Crippen molar-refractivity contribution in [3.8, 4) is 0 Å². The van der Waals surface area contributed by atoms with Crippen molar-refractivity contribution in [1.29, 1.82) is 0 Å². The van der Waals surface area contributed by atoms with E-state index in [-0.39, 0.29) is 0 Å². The molecule has 16 heavy (non-hydrogen) atoms. The molecule has 0 aromatic rings. The molecule has 0 saturated heterocycles. The molecule has 1 saturated carbocycles. The molecule has 0 amide bonds. The largest absolute Gasteiger partial charge is 0.312 e. The third-order valence-electron chi connectivity index (χ3n) is 3.09. The number of nitrogens with zero attached hydrogens (tertiary/aromatic N) is 1. The Kier molecular flexibility index (Phi) is 6.43. The van der Waals surface area contributed by atoms with Crippen LogP contribution >= 0.6 is 0 Å². The predicted molar refractivity (Wildman–Crippen MR) is 71.7 cm³/mol. The van der Waals surface area contributed by atoms with E-state index in [9.17, 15) is 0 Å². The van der Waals surface area contributed by atoms with Gasteiger partial charge in [0.25, 0.3) is 0 Å². The van der Waals surface area contributed by atoms with Crippen LogP contribution in [0.2, 0.25) is 0 Å². The van der Waals surface area contributed by atoms with Crippen LogP contribution < -0.4 is 5.32 Å². The van der Waals surface area contributed by atoms with Crippen LogP contribution in [0.3, 0.4) is 0 Å². The lowest BCUT2D eigenvalue weighted by Gasteiger charge is -2.30. The fourth-order valence-corrected chi connectivity index (χ4v) is 2.04. The maximum absolute atomic E-state index is 3.84. The van der Waals surface area contributed by atoms with Crippen molar-refractivity contribution in [1.82, 2.24) is 10.2 Å². The summed E-state index contributed by atoms with van der Waals surface area (Å²) in [7, 11) is 0. The molecule has 0 aromatic heterocycles. The summed E-state index contributed by atoms with van der Waals surface area (Å²) in [5.74, 6) is 0. The maximum Gasteiger partial charge on any atom is 0.0227 e. The van der Waals surface area contributed by atoms with Crippen molar-refractivity contribution in [2.75, 3.05) is 19.6 Å². The molecule has 0 heterocycles. The lowest BCUT2D eigenvalue weighted by molar-refractivity contribution is 0.220. The van der Waals surface area contributed by atoms with Crippen LogP contribution in [0.25, 0.3) is 0 Å². The number of hydrogen-bond donors (Lipinski definition) is 1. The van der Waals surface area contributed by atoms with Gasteiger partial charge in [0, 0.05) is 31.7 Å². The van der Waals surface area contributed by atoms with Gasteiger partial charge < -0.3 is 5.32 Å². The summed E-state index contributed by atoms with van der Waals surface area (Å²) in [6.45, 7) is 13.0. The van der Waals surface area contributed by atoms with Gasteiger partial charge in [-0.3, -0.25) is 4.90 Å². The first-order chi connectivity index (χ1) is 7.81. The van der Waals surface area contributed by atoms with E-state index in [4.69, 9.17) is 0 Å². The summed E-state index contributed by atoms with van der Waals surface area (Å²) in [6.07, 6.45) is 9.19. The van der Waals surface area contributed by atoms with Gasteiger partial charge in [0.05, 0.1) is 0 Å². The van der Waals surface area contributed by atoms with Crippen molar-refractivity contribution >= 4 is 0 Å². The third-order valence-corrected chi connectivity index (χ3v) is 3.09. The van der Waals surface area contributed by atoms with Crippen LogP contribution in [0.5, 0.6) is 0 Å². The summed E-state index contributed by atoms with van der Waals surface area (Å²) in [5, 5.41) is 3.63. The van der Waals surface area contributed by atoms with E-state index < -0.39 is 0 Å². The first-order valence-electron chi connectivity index (χ1n) is 6.51. The molecule has 1 rings (SSSR count). The maximum atomic E-state index is 3.84. The summed E-state index contributed by atoms with van der Waals surface area (Å²) in [5.41, 5.74) is 0. The van der Waals surface area contributed by atoms with E-state index in [0.717, 1.165) is 25.7 Å². The number of hydrogen-bond acceptors (Lipinski definition) is 2. The smallest absolute Gasteiger partial charge is 0.0227 e. The predicted octanol–water partition coefficient (Wildman–Crippen LogP) is 2.58. The van der Waals surface area contributed by atoms with E-state index in [2.05, 4.69) is 30.3 Å². The minimum Gasteiger partial charge on any atom is -0.312 e. The SMILES string of the molecule is C=CCN(CC=C)C(CCC)CNC1CC1. The molecule has 2 nitrogen and oxygen atoms in total. The van der Waals surface area contributed by atoms with Crippen LogP contribution in [-0.4, -0.2) is 36.6 Å². The Morgan fingerprint density at radius 2 is 1.94 bits per heavy atom. The standard InChI is InChI=1S/C14H26N2/c1-4-7-14(12-15-13-8-9-13)16(10-5-2)11-6-3/h5-6,13-15H,2-4,7-12H2,1H3. The fourth-order valence-electron chi connectivity index (χ4n) is 2.04. The van der Waals surface area contributed by atoms with Crippen LogP contribution in [-0.2, 0) is 0 Å². The molecule has 0 spiro atoms. The topological polar surface area (TPSA) is 15.3 Å². The Morgan fingerprint density at radius 3 is 2.38 bits per heavy atom. The summed E-state index contributed by atoms with van der Waals surface area (Å²) in [6, 6.07) is 1.43. The van der Waals surface area contributed by atoms with E-state index in [0.29, 0.717) is 6.04 Å². The van der Waals surface area contributed by atoms with Crippen molar-refractivity contribution in [3.05, 3.63) is 25.3 Å². The Bertz CT molecular complexity index is 199. The average molecular weight is 222 g/mol. The van der Waals surface area contributed by atoms with Gasteiger partial charge in [-0.25, -0.2) is 0 Å². The van der Waals surface area contributed by atoms with Crippen LogP contribution in [0, 0.1) is 0 Å².